The Morgan fingerprint density at radius 3 is 2.36 bits per heavy atom. The van der Waals surface area contributed by atoms with E-state index in [1.54, 1.807) is 0 Å². The van der Waals surface area contributed by atoms with Crippen LogP contribution in [0.15, 0.2) is 0 Å². The van der Waals surface area contributed by atoms with Gasteiger partial charge >= 0.3 is 0 Å². The molecule has 1 fully saturated rings. The average Bonchev–Trinajstić information content (AvgIpc) is 2.08. The smallest absolute Gasteiger partial charge is 0.217 e. The van der Waals surface area contributed by atoms with E-state index in [-0.39, 0.29) is 5.91 Å². The van der Waals surface area contributed by atoms with Gasteiger partial charge in [-0.3, -0.25) is 4.79 Å². The molecule has 0 aromatic rings. The van der Waals surface area contributed by atoms with Crippen molar-refractivity contribution in [1.82, 2.24) is 0 Å². The molecule has 1 amide bonds. The van der Waals surface area contributed by atoms with E-state index in [0.29, 0.717) is 18.3 Å². The summed E-state index contributed by atoms with van der Waals surface area (Å²) in [6.07, 6.45) is 3.95. The number of amides is 1. The highest BCUT2D eigenvalue weighted by molar-refractivity contribution is 5.73. The van der Waals surface area contributed by atoms with E-state index in [1.807, 2.05) is 0 Å². The highest BCUT2D eigenvalue weighted by Crippen LogP contribution is 2.37. The average molecular weight is 199 g/mol. The van der Waals surface area contributed by atoms with Gasteiger partial charge in [0.15, 0.2) is 0 Å². The van der Waals surface area contributed by atoms with Crippen LogP contribution in [-0.4, -0.2) is 16.6 Å². The Labute approximate surface area is 85.7 Å². The Morgan fingerprint density at radius 1 is 1.50 bits per heavy atom. The van der Waals surface area contributed by atoms with Gasteiger partial charge in [0.1, 0.15) is 0 Å². The van der Waals surface area contributed by atoms with Gasteiger partial charge in [0.25, 0.3) is 0 Å². The topological polar surface area (TPSA) is 63.3 Å². The molecular formula is C11H21NO2. The van der Waals surface area contributed by atoms with Crippen LogP contribution in [0.5, 0.6) is 0 Å². The molecule has 0 saturated heterocycles. The van der Waals surface area contributed by atoms with Gasteiger partial charge in [-0.25, -0.2) is 0 Å². The molecule has 1 aliphatic rings. The highest BCUT2D eigenvalue weighted by Gasteiger charge is 2.35. The quantitative estimate of drug-likeness (QED) is 0.722. The number of hydrogen-bond donors (Lipinski definition) is 2. The van der Waals surface area contributed by atoms with E-state index in [0.717, 1.165) is 25.7 Å². The van der Waals surface area contributed by atoms with Crippen molar-refractivity contribution in [1.29, 1.82) is 0 Å². The zero-order chi connectivity index (χ0) is 10.8. The van der Waals surface area contributed by atoms with Gasteiger partial charge < -0.3 is 10.8 Å². The lowest BCUT2D eigenvalue weighted by Crippen LogP contribution is -2.39. The Hall–Kier alpha value is -0.570. The lowest BCUT2D eigenvalue weighted by atomic mass is 9.72. The molecule has 0 aliphatic heterocycles. The summed E-state index contributed by atoms with van der Waals surface area (Å²) in [7, 11) is 0. The van der Waals surface area contributed by atoms with Crippen LogP contribution >= 0.6 is 0 Å². The molecule has 0 radical (unpaired) electrons. The fourth-order valence-electron chi connectivity index (χ4n) is 2.24. The molecule has 14 heavy (non-hydrogen) atoms. The van der Waals surface area contributed by atoms with Crippen molar-refractivity contribution >= 4 is 5.91 Å². The van der Waals surface area contributed by atoms with E-state index in [4.69, 9.17) is 5.73 Å². The molecule has 0 aromatic carbocycles. The molecule has 3 heteroatoms. The summed E-state index contributed by atoms with van der Waals surface area (Å²) in [5.41, 5.74) is 4.64. The van der Waals surface area contributed by atoms with Crippen LogP contribution in [0, 0.1) is 11.8 Å². The fraction of sp³-hybridized carbons (Fsp3) is 0.909. The van der Waals surface area contributed by atoms with E-state index in [2.05, 4.69) is 13.8 Å². The van der Waals surface area contributed by atoms with E-state index in [1.165, 1.54) is 0 Å². The summed E-state index contributed by atoms with van der Waals surface area (Å²) in [4.78, 5) is 10.7. The molecular weight excluding hydrogens is 178 g/mol. The highest BCUT2D eigenvalue weighted by atomic mass is 16.3. The van der Waals surface area contributed by atoms with Crippen molar-refractivity contribution in [3.05, 3.63) is 0 Å². The summed E-state index contributed by atoms with van der Waals surface area (Å²) in [6, 6.07) is 0. The first-order valence-corrected chi connectivity index (χ1v) is 5.45. The molecule has 0 heterocycles. The molecule has 0 spiro atoms. The summed E-state index contributed by atoms with van der Waals surface area (Å²) < 4.78 is 0. The minimum Gasteiger partial charge on any atom is -0.390 e. The third-order valence-electron chi connectivity index (χ3n) is 3.54. The van der Waals surface area contributed by atoms with Gasteiger partial charge in [-0.2, -0.15) is 0 Å². The van der Waals surface area contributed by atoms with Gasteiger partial charge in [0, 0.05) is 6.42 Å². The summed E-state index contributed by atoms with van der Waals surface area (Å²) in [6.45, 7) is 4.10. The monoisotopic (exact) mass is 199 g/mol. The molecule has 0 aromatic heterocycles. The molecule has 1 rings (SSSR count). The molecule has 0 atom stereocenters. The minimum absolute atomic E-state index is 0.218. The molecule has 0 unspecified atom stereocenters. The maximum Gasteiger partial charge on any atom is 0.217 e. The van der Waals surface area contributed by atoms with Crippen molar-refractivity contribution in [2.75, 3.05) is 0 Å². The second-order valence-corrected chi connectivity index (χ2v) is 4.87. The molecule has 82 valence electrons. The fourth-order valence-corrected chi connectivity index (χ4v) is 2.24. The van der Waals surface area contributed by atoms with E-state index >= 15 is 0 Å². The van der Waals surface area contributed by atoms with Crippen LogP contribution in [0.1, 0.15) is 46.0 Å². The number of rotatable bonds is 3. The lowest BCUT2D eigenvalue weighted by Gasteiger charge is -2.38. The normalized spacial score (nSPS) is 33.3. The number of primary amides is 1. The number of hydrogen-bond acceptors (Lipinski definition) is 2. The number of carbonyl (C=O) groups excluding carboxylic acids is 1. The van der Waals surface area contributed by atoms with Gasteiger partial charge in [-0.1, -0.05) is 13.8 Å². The van der Waals surface area contributed by atoms with Crippen molar-refractivity contribution in [3.8, 4) is 0 Å². The first-order valence-electron chi connectivity index (χ1n) is 5.45. The molecule has 1 saturated carbocycles. The summed E-state index contributed by atoms with van der Waals surface area (Å²) >= 11 is 0. The third kappa shape index (κ3) is 2.71. The number of aliphatic hydroxyl groups is 1. The standard InChI is InChI=1S/C11H21NO2/c1-8(2)11(14)5-3-9(4-6-11)7-10(12)13/h8-9,14H,3-7H2,1-2H3,(H2,12,13). The maximum absolute atomic E-state index is 10.7. The third-order valence-corrected chi connectivity index (χ3v) is 3.54. The van der Waals surface area contributed by atoms with Crippen molar-refractivity contribution < 1.29 is 9.90 Å². The molecule has 3 nitrogen and oxygen atoms in total. The van der Waals surface area contributed by atoms with Crippen molar-refractivity contribution in [2.45, 2.75) is 51.6 Å². The summed E-state index contributed by atoms with van der Waals surface area (Å²) in [5, 5.41) is 10.2. The van der Waals surface area contributed by atoms with Crippen LogP contribution in [-0.2, 0) is 4.79 Å². The Kier molecular flexibility index (Phi) is 3.53. The lowest BCUT2D eigenvalue weighted by molar-refractivity contribution is -0.120. The zero-order valence-electron chi connectivity index (χ0n) is 9.12. The minimum atomic E-state index is -0.506. The predicted octanol–water partition coefficient (Wildman–Crippen LogP) is 1.44. The van der Waals surface area contributed by atoms with Crippen molar-refractivity contribution in [2.24, 2.45) is 17.6 Å². The van der Waals surface area contributed by atoms with Crippen LogP contribution in [0.25, 0.3) is 0 Å². The Balaban J connectivity index is 2.41. The second kappa shape index (κ2) is 4.30. The second-order valence-electron chi connectivity index (χ2n) is 4.87. The van der Waals surface area contributed by atoms with Crippen LogP contribution < -0.4 is 5.73 Å². The van der Waals surface area contributed by atoms with Crippen LogP contribution in [0.3, 0.4) is 0 Å². The predicted molar refractivity (Wildman–Crippen MR) is 55.6 cm³/mol. The van der Waals surface area contributed by atoms with Crippen LogP contribution in [0.2, 0.25) is 0 Å². The van der Waals surface area contributed by atoms with Gasteiger partial charge in [-0.05, 0) is 37.5 Å². The number of nitrogens with two attached hydrogens (primary N) is 1. The van der Waals surface area contributed by atoms with Crippen molar-refractivity contribution in [3.63, 3.8) is 0 Å². The SMILES string of the molecule is CC(C)C1(O)CCC(CC(N)=O)CC1. The largest absolute Gasteiger partial charge is 0.390 e. The molecule has 1 aliphatic carbocycles. The first-order chi connectivity index (χ1) is 6.44. The van der Waals surface area contributed by atoms with Gasteiger partial charge in [0.05, 0.1) is 5.60 Å². The molecule has 3 N–H and O–H groups in total. The van der Waals surface area contributed by atoms with Gasteiger partial charge in [0.2, 0.25) is 5.91 Å². The first kappa shape index (κ1) is 11.5. The number of carbonyl (C=O) groups is 1. The zero-order valence-corrected chi connectivity index (χ0v) is 9.12. The summed E-state index contributed by atoms with van der Waals surface area (Å²) in [5.74, 6) is 0.480. The van der Waals surface area contributed by atoms with Gasteiger partial charge in [-0.15, -0.1) is 0 Å². The van der Waals surface area contributed by atoms with Crippen LogP contribution in [0.4, 0.5) is 0 Å². The van der Waals surface area contributed by atoms with E-state index < -0.39 is 5.60 Å². The molecule has 0 bridgehead atoms. The van der Waals surface area contributed by atoms with E-state index in [9.17, 15) is 9.90 Å². The Morgan fingerprint density at radius 2 is 2.00 bits per heavy atom. The Bertz CT molecular complexity index is 205. The maximum atomic E-state index is 10.7.